The molecule has 5 heteroatoms. The van der Waals surface area contributed by atoms with E-state index in [1.807, 2.05) is 0 Å². The lowest BCUT2D eigenvalue weighted by Crippen LogP contribution is -1.98. The lowest BCUT2D eigenvalue weighted by Gasteiger charge is -2.01. The highest BCUT2D eigenvalue weighted by Gasteiger charge is 2.14. The van der Waals surface area contributed by atoms with Crippen LogP contribution >= 0.6 is 0 Å². The molecule has 2 aromatic heterocycles. The fourth-order valence-corrected chi connectivity index (χ4v) is 1.09. The van der Waals surface area contributed by atoms with E-state index in [-0.39, 0.29) is 0 Å². The second kappa shape index (κ2) is 3.02. The summed E-state index contributed by atoms with van der Waals surface area (Å²) in [5, 5.41) is 17.2. The Labute approximate surface area is 74.6 Å². The molecule has 2 heterocycles. The standard InChI is InChI=1S/C8H9N3O2/c1-11-4-7(9-10-11)8(12)6-2-3-13-5-6/h2-5,8,12H,1H3. The average molecular weight is 179 g/mol. The quantitative estimate of drug-likeness (QED) is 0.728. The Morgan fingerprint density at radius 1 is 1.62 bits per heavy atom. The van der Waals surface area contributed by atoms with Gasteiger partial charge >= 0.3 is 0 Å². The van der Waals surface area contributed by atoms with Crippen molar-refractivity contribution in [2.24, 2.45) is 7.05 Å². The Morgan fingerprint density at radius 2 is 2.46 bits per heavy atom. The molecule has 0 saturated carbocycles. The number of furan rings is 1. The molecule has 13 heavy (non-hydrogen) atoms. The summed E-state index contributed by atoms with van der Waals surface area (Å²) in [6, 6.07) is 1.69. The summed E-state index contributed by atoms with van der Waals surface area (Å²) < 4.78 is 6.39. The van der Waals surface area contributed by atoms with E-state index in [0.717, 1.165) is 0 Å². The van der Waals surface area contributed by atoms with Gasteiger partial charge in [-0.05, 0) is 6.07 Å². The maximum atomic E-state index is 9.72. The number of aliphatic hydroxyl groups is 1. The van der Waals surface area contributed by atoms with Gasteiger partial charge in [-0.1, -0.05) is 5.21 Å². The molecule has 0 aliphatic carbocycles. The van der Waals surface area contributed by atoms with Crippen LogP contribution in [0.25, 0.3) is 0 Å². The van der Waals surface area contributed by atoms with E-state index in [0.29, 0.717) is 11.3 Å². The molecule has 0 spiro atoms. The van der Waals surface area contributed by atoms with Crippen LogP contribution in [-0.2, 0) is 7.05 Å². The molecule has 0 aliphatic heterocycles. The van der Waals surface area contributed by atoms with Gasteiger partial charge in [-0.25, -0.2) is 0 Å². The third-order valence-corrected chi connectivity index (χ3v) is 1.76. The summed E-state index contributed by atoms with van der Waals surface area (Å²) >= 11 is 0. The number of hydrogen-bond acceptors (Lipinski definition) is 4. The monoisotopic (exact) mass is 179 g/mol. The molecule has 0 fully saturated rings. The van der Waals surface area contributed by atoms with Crippen molar-refractivity contribution in [1.82, 2.24) is 15.0 Å². The zero-order chi connectivity index (χ0) is 9.26. The Hall–Kier alpha value is -1.62. The summed E-state index contributed by atoms with van der Waals surface area (Å²) in [4.78, 5) is 0. The van der Waals surface area contributed by atoms with Crippen LogP contribution in [0, 0.1) is 0 Å². The molecule has 2 rings (SSSR count). The van der Waals surface area contributed by atoms with Crippen molar-refractivity contribution >= 4 is 0 Å². The van der Waals surface area contributed by atoms with E-state index >= 15 is 0 Å². The van der Waals surface area contributed by atoms with Gasteiger partial charge in [0.15, 0.2) is 0 Å². The smallest absolute Gasteiger partial charge is 0.128 e. The fraction of sp³-hybridized carbons (Fsp3) is 0.250. The Morgan fingerprint density at radius 3 is 3.00 bits per heavy atom. The van der Waals surface area contributed by atoms with Crippen LogP contribution in [0.1, 0.15) is 17.4 Å². The second-order valence-electron chi connectivity index (χ2n) is 2.78. The van der Waals surface area contributed by atoms with Crippen LogP contribution in [-0.4, -0.2) is 20.1 Å². The highest BCUT2D eigenvalue weighted by atomic mass is 16.3. The van der Waals surface area contributed by atoms with Crippen LogP contribution in [0.5, 0.6) is 0 Å². The van der Waals surface area contributed by atoms with Crippen molar-refractivity contribution in [2.75, 3.05) is 0 Å². The number of aryl methyl sites for hydroxylation is 1. The van der Waals surface area contributed by atoms with Crippen molar-refractivity contribution in [3.63, 3.8) is 0 Å². The molecule has 0 bridgehead atoms. The van der Waals surface area contributed by atoms with Gasteiger partial charge in [-0.3, -0.25) is 4.68 Å². The largest absolute Gasteiger partial charge is 0.472 e. The van der Waals surface area contributed by atoms with Crippen molar-refractivity contribution in [3.8, 4) is 0 Å². The minimum atomic E-state index is -0.757. The first-order valence-corrected chi connectivity index (χ1v) is 3.84. The predicted molar refractivity (Wildman–Crippen MR) is 43.8 cm³/mol. The van der Waals surface area contributed by atoms with Crippen molar-refractivity contribution < 1.29 is 9.52 Å². The average Bonchev–Trinajstić information content (AvgIpc) is 2.72. The molecule has 0 aliphatic rings. The van der Waals surface area contributed by atoms with Gasteiger partial charge in [0.2, 0.25) is 0 Å². The van der Waals surface area contributed by atoms with E-state index < -0.39 is 6.10 Å². The molecule has 2 aromatic rings. The third kappa shape index (κ3) is 1.46. The number of aliphatic hydroxyl groups excluding tert-OH is 1. The molecule has 0 amide bonds. The van der Waals surface area contributed by atoms with Gasteiger partial charge in [-0.15, -0.1) is 5.10 Å². The van der Waals surface area contributed by atoms with Crippen LogP contribution in [0.15, 0.2) is 29.2 Å². The molecule has 68 valence electrons. The fourth-order valence-electron chi connectivity index (χ4n) is 1.09. The van der Waals surface area contributed by atoms with Crippen LogP contribution in [0.4, 0.5) is 0 Å². The number of rotatable bonds is 2. The van der Waals surface area contributed by atoms with Gasteiger partial charge in [0.25, 0.3) is 0 Å². The van der Waals surface area contributed by atoms with Gasteiger partial charge < -0.3 is 9.52 Å². The summed E-state index contributed by atoms with van der Waals surface area (Å²) in [5.74, 6) is 0. The minimum absolute atomic E-state index is 0.518. The molecular weight excluding hydrogens is 170 g/mol. The first-order chi connectivity index (χ1) is 6.27. The molecule has 1 unspecified atom stereocenters. The SMILES string of the molecule is Cn1cc(C(O)c2ccoc2)nn1. The molecule has 5 nitrogen and oxygen atoms in total. The molecule has 1 N–H and O–H groups in total. The number of aromatic nitrogens is 3. The Bertz CT molecular complexity index is 380. The van der Waals surface area contributed by atoms with E-state index in [2.05, 4.69) is 10.3 Å². The summed E-state index contributed by atoms with van der Waals surface area (Å²) in [6.07, 6.45) is 3.90. The van der Waals surface area contributed by atoms with Gasteiger partial charge in [0, 0.05) is 12.6 Å². The normalized spacial score (nSPS) is 13.1. The topological polar surface area (TPSA) is 64.1 Å². The zero-order valence-electron chi connectivity index (χ0n) is 7.08. The molecule has 1 atom stereocenters. The highest BCUT2D eigenvalue weighted by Crippen LogP contribution is 2.19. The van der Waals surface area contributed by atoms with E-state index in [1.54, 1.807) is 24.0 Å². The number of nitrogens with zero attached hydrogens (tertiary/aromatic N) is 3. The van der Waals surface area contributed by atoms with Crippen LogP contribution in [0.2, 0.25) is 0 Å². The summed E-state index contributed by atoms with van der Waals surface area (Å²) in [6.45, 7) is 0. The Balaban J connectivity index is 2.28. The minimum Gasteiger partial charge on any atom is -0.472 e. The lowest BCUT2D eigenvalue weighted by atomic mass is 10.1. The molecule has 0 saturated heterocycles. The first kappa shape index (κ1) is 8.00. The van der Waals surface area contributed by atoms with Gasteiger partial charge in [0.05, 0.1) is 18.7 Å². The maximum Gasteiger partial charge on any atom is 0.128 e. The highest BCUT2D eigenvalue weighted by molar-refractivity contribution is 5.18. The summed E-state index contributed by atoms with van der Waals surface area (Å²) in [5.41, 5.74) is 1.20. The van der Waals surface area contributed by atoms with Crippen molar-refractivity contribution in [1.29, 1.82) is 0 Å². The van der Waals surface area contributed by atoms with E-state index in [1.165, 1.54) is 12.5 Å². The van der Waals surface area contributed by atoms with Gasteiger partial charge in [-0.2, -0.15) is 0 Å². The van der Waals surface area contributed by atoms with Gasteiger partial charge in [0.1, 0.15) is 11.8 Å². The second-order valence-corrected chi connectivity index (χ2v) is 2.78. The van der Waals surface area contributed by atoms with Crippen LogP contribution in [0.3, 0.4) is 0 Å². The Kier molecular flexibility index (Phi) is 1.86. The lowest BCUT2D eigenvalue weighted by molar-refractivity contribution is 0.214. The van der Waals surface area contributed by atoms with E-state index in [4.69, 9.17) is 4.42 Å². The van der Waals surface area contributed by atoms with Crippen molar-refractivity contribution in [3.05, 3.63) is 36.0 Å². The molecular formula is C8H9N3O2. The van der Waals surface area contributed by atoms with E-state index in [9.17, 15) is 5.11 Å². The number of hydrogen-bond donors (Lipinski definition) is 1. The maximum absolute atomic E-state index is 9.72. The predicted octanol–water partition coefficient (Wildman–Crippen LogP) is 0.490. The molecule has 0 aromatic carbocycles. The zero-order valence-corrected chi connectivity index (χ0v) is 7.08. The first-order valence-electron chi connectivity index (χ1n) is 3.84. The van der Waals surface area contributed by atoms with Crippen LogP contribution < -0.4 is 0 Å². The molecule has 0 radical (unpaired) electrons. The van der Waals surface area contributed by atoms with Crippen molar-refractivity contribution in [2.45, 2.75) is 6.10 Å². The summed E-state index contributed by atoms with van der Waals surface area (Å²) in [7, 11) is 1.75. The third-order valence-electron chi connectivity index (χ3n) is 1.76.